The topological polar surface area (TPSA) is 32.3 Å². The molecular formula is C18H30N2O. The number of carbonyl (C=O) groups excluding carboxylic acids is 1. The molecule has 21 heavy (non-hydrogen) atoms. The van der Waals surface area contributed by atoms with E-state index in [1.165, 1.54) is 51.4 Å². The minimum atomic E-state index is -0.170. The van der Waals surface area contributed by atoms with Gasteiger partial charge in [0.1, 0.15) is 0 Å². The van der Waals surface area contributed by atoms with Crippen LogP contribution in [-0.2, 0) is 4.79 Å². The van der Waals surface area contributed by atoms with E-state index >= 15 is 0 Å². The lowest BCUT2D eigenvalue weighted by Crippen LogP contribution is -2.46. The van der Waals surface area contributed by atoms with Crippen molar-refractivity contribution in [2.75, 3.05) is 6.54 Å². The lowest BCUT2D eigenvalue weighted by Gasteiger charge is -2.31. The molecule has 3 saturated carbocycles. The zero-order chi connectivity index (χ0) is 14.4. The molecule has 4 rings (SSSR count). The van der Waals surface area contributed by atoms with Gasteiger partial charge in [0.15, 0.2) is 0 Å². The first-order valence-electron chi connectivity index (χ1n) is 9.28. The average Bonchev–Trinajstić information content (AvgIpc) is 2.92. The first-order valence-corrected chi connectivity index (χ1v) is 9.28. The van der Waals surface area contributed by atoms with Gasteiger partial charge in [-0.2, -0.15) is 0 Å². The van der Waals surface area contributed by atoms with Crippen LogP contribution >= 0.6 is 0 Å². The number of amides is 1. The molecule has 118 valence electrons. The van der Waals surface area contributed by atoms with Gasteiger partial charge in [-0.15, -0.1) is 0 Å². The molecule has 3 aliphatic carbocycles. The van der Waals surface area contributed by atoms with Gasteiger partial charge in [0.25, 0.3) is 0 Å². The van der Waals surface area contributed by atoms with E-state index in [0.29, 0.717) is 23.9 Å². The molecule has 1 N–H and O–H groups in total. The molecule has 0 bridgehead atoms. The second-order valence-electron chi connectivity index (χ2n) is 8.20. The normalized spacial score (nSPS) is 34.2. The fraction of sp³-hybridized carbons (Fsp3) is 0.944. The maximum Gasteiger partial charge on any atom is 0.244 e. The van der Waals surface area contributed by atoms with Gasteiger partial charge in [-0.25, -0.2) is 0 Å². The minimum absolute atomic E-state index is 0.170. The van der Waals surface area contributed by atoms with Crippen LogP contribution in [0.1, 0.15) is 71.1 Å². The van der Waals surface area contributed by atoms with Gasteiger partial charge < -0.3 is 4.90 Å². The zero-order valence-corrected chi connectivity index (χ0v) is 13.4. The van der Waals surface area contributed by atoms with E-state index in [1.54, 1.807) is 0 Å². The molecule has 1 spiro atoms. The van der Waals surface area contributed by atoms with E-state index in [-0.39, 0.29) is 5.54 Å². The lowest BCUT2D eigenvalue weighted by atomic mass is 9.97. The second kappa shape index (κ2) is 5.26. The highest BCUT2D eigenvalue weighted by Gasteiger charge is 2.54. The van der Waals surface area contributed by atoms with Gasteiger partial charge in [0.05, 0.1) is 11.7 Å². The van der Waals surface area contributed by atoms with E-state index in [2.05, 4.69) is 17.1 Å². The van der Waals surface area contributed by atoms with Crippen molar-refractivity contribution in [2.45, 2.75) is 82.8 Å². The number of rotatable bonds is 4. The summed E-state index contributed by atoms with van der Waals surface area (Å²) in [7, 11) is 0. The smallest absolute Gasteiger partial charge is 0.244 e. The largest absolute Gasteiger partial charge is 0.325 e. The summed E-state index contributed by atoms with van der Waals surface area (Å²) in [6.45, 7) is 3.36. The highest BCUT2D eigenvalue weighted by Crippen LogP contribution is 2.43. The molecule has 0 aromatic heterocycles. The van der Waals surface area contributed by atoms with Crippen molar-refractivity contribution in [1.82, 2.24) is 10.2 Å². The molecule has 3 nitrogen and oxygen atoms in total. The first kappa shape index (κ1) is 14.0. The molecule has 2 unspecified atom stereocenters. The summed E-state index contributed by atoms with van der Waals surface area (Å²) < 4.78 is 0. The van der Waals surface area contributed by atoms with Gasteiger partial charge in [0.2, 0.25) is 5.91 Å². The van der Waals surface area contributed by atoms with Gasteiger partial charge in [0, 0.05) is 6.54 Å². The predicted octanol–water partition coefficient (Wildman–Crippen LogP) is 3.29. The maximum absolute atomic E-state index is 13.1. The highest BCUT2D eigenvalue weighted by molar-refractivity contribution is 5.89. The second-order valence-corrected chi connectivity index (χ2v) is 8.20. The van der Waals surface area contributed by atoms with Crippen molar-refractivity contribution < 1.29 is 4.79 Å². The Bertz CT molecular complexity index is 405. The minimum Gasteiger partial charge on any atom is -0.325 e. The third-order valence-electron chi connectivity index (χ3n) is 6.65. The number of hydrogen-bond donors (Lipinski definition) is 1. The zero-order valence-electron chi connectivity index (χ0n) is 13.4. The van der Waals surface area contributed by atoms with Crippen LogP contribution in [0.15, 0.2) is 0 Å². The third kappa shape index (κ3) is 2.42. The van der Waals surface area contributed by atoms with E-state index in [1.807, 2.05) is 0 Å². The molecule has 1 saturated heterocycles. The Morgan fingerprint density at radius 1 is 1.14 bits per heavy atom. The van der Waals surface area contributed by atoms with Crippen LogP contribution in [0.5, 0.6) is 0 Å². The molecule has 3 heteroatoms. The van der Waals surface area contributed by atoms with Gasteiger partial charge in [-0.1, -0.05) is 32.6 Å². The Morgan fingerprint density at radius 2 is 1.81 bits per heavy atom. The van der Waals surface area contributed by atoms with Gasteiger partial charge >= 0.3 is 0 Å². The predicted molar refractivity (Wildman–Crippen MR) is 83.7 cm³/mol. The standard InChI is InChI=1S/C18H30N2O/c1-13(14-8-9-14)12-20-16(15-6-2-3-7-15)19-18(17(20)21)10-4-5-11-18/h13-16,19H,2-12H2,1H3. The first-order chi connectivity index (χ1) is 10.2. The van der Waals surface area contributed by atoms with Crippen molar-refractivity contribution >= 4 is 5.91 Å². The lowest BCUT2D eigenvalue weighted by molar-refractivity contribution is -0.134. The Balaban J connectivity index is 1.54. The molecule has 4 aliphatic rings. The van der Waals surface area contributed by atoms with Gasteiger partial charge in [-0.3, -0.25) is 10.1 Å². The van der Waals surface area contributed by atoms with Crippen LogP contribution in [0.4, 0.5) is 0 Å². The van der Waals surface area contributed by atoms with Crippen LogP contribution in [0, 0.1) is 17.8 Å². The monoisotopic (exact) mass is 290 g/mol. The molecule has 0 radical (unpaired) electrons. The number of carbonyl (C=O) groups is 1. The number of nitrogens with zero attached hydrogens (tertiary/aromatic N) is 1. The summed E-state index contributed by atoms with van der Waals surface area (Å²) in [6.07, 6.45) is 13.1. The third-order valence-corrected chi connectivity index (χ3v) is 6.65. The Morgan fingerprint density at radius 3 is 2.43 bits per heavy atom. The Kier molecular flexibility index (Phi) is 3.52. The van der Waals surface area contributed by atoms with Gasteiger partial charge in [-0.05, 0) is 56.3 Å². The van der Waals surface area contributed by atoms with Crippen molar-refractivity contribution in [1.29, 1.82) is 0 Å². The summed E-state index contributed by atoms with van der Waals surface area (Å²) in [4.78, 5) is 15.4. The molecule has 0 aromatic rings. The average molecular weight is 290 g/mol. The summed E-state index contributed by atoms with van der Waals surface area (Å²) in [5, 5.41) is 3.85. The molecule has 1 amide bonds. The maximum atomic E-state index is 13.1. The van der Waals surface area contributed by atoms with E-state index in [9.17, 15) is 4.79 Å². The van der Waals surface area contributed by atoms with Crippen molar-refractivity contribution in [3.05, 3.63) is 0 Å². The Hall–Kier alpha value is -0.570. The van der Waals surface area contributed by atoms with Crippen molar-refractivity contribution in [3.8, 4) is 0 Å². The Labute approximate surface area is 128 Å². The van der Waals surface area contributed by atoms with E-state index in [4.69, 9.17) is 0 Å². The van der Waals surface area contributed by atoms with Crippen LogP contribution in [0.2, 0.25) is 0 Å². The van der Waals surface area contributed by atoms with Crippen LogP contribution in [0.3, 0.4) is 0 Å². The summed E-state index contributed by atoms with van der Waals surface area (Å²) in [5.41, 5.74) is -0.170. The molecule has 2 atom stereocenters. The quantitative estimate of drug-likeness (QED) is 0.861. The van der Waals surface area contributed by atoms with Crippen molar-refractivity contribution in [2.24, 2.45) is 17.8 Å². The van der Waals surface area contributed by atoms with Crippen LogP contribution < -0.4 is 5.32 Å². The number of hydrogen-bond acceptors (Lipinski definition) is 2. The SMILES string of the molecule is CC(CN1C(=O)C2(CCCC2)NC1C1CCCC1)C1CC1. The molecule has 0 aromatic carbocycles. The molecule has 1 aliphatic heterocycles. The molecule has 1 heterocycles. The van der Waals surface area contributed by atoms with Crippen LogP contribution in [0.25, 0.3) is 0 Å². The van der Waals surface area contributed by atoms with Crippen molar-refractivity contribution in [3.63, 3.8) is 0 Å². The molecule has 4 fully saturated rings. The van der Waals surface area contributed by atoms with Crippen LogP contribution in [-0.4, -0.2) is 29.1 Å². The fourth-order valence-corrected chi connectivity index (χ4v) is 5.13. The number of nitrogens with one attached hydrogen (secondary N) is 1. The highest BCUT2D eigenvalue weighted by atomic mass is 16.2. The van der Waals surface area contributed by atoms with E-state index < -0.39 is 0 Å². The summed E-state index contributed by atoms with van der Waals surface area (Å²) in [6, 6.07) is 0. The summed E-state index contributed by atoms with van der Waals surface area (Å²) >= 11 is 0. The van der Waals surface area contributed by atoms with E-state index in [0.717, 1.165) is 25.3 Å². The molecular weight excluding hydrogens is 260 g/mol. The fourth-order valence-electron chi connectivity index (χ4n) is 5.13. The summed E-state index contributed by atoms with van der Waals surface area (Å²) in [5.74, 6) is 2.74.